The first kappa shape index (κ1) is 10.5. The van der Waals surface area contributed by atoms with E-state index >= 15 is 0 Å². The molecule has 1 aromatic heterocycles. The van der Waals surface area contributed by atoms with Gasteiger partial charge in [-0.2, -0.15) is 5.26 Å². The maximum absolute atomic E-state index is 11.9. The molecule has 0 aliphatic carbocycles. The lowest BCUT2D eigenvalue weighted by molar-refractivity contribution is 0.476. The van der Waals surface area contributed by atoms with Gasteiger partial charge in [0.2, 0.25) is 0 Å². The minimum Gasteiger partial charge on any atom is -0.295 e. The van der Waals surface area contributed by atoms with Crippen LogP contribution in [0.25, 0.3) is 10.9 Å². The van der Waals surface area contributed by atoms with Crippen molar-refractivity contribution in [3.8, 4) is 6.07 Å². The number of hydrogen-bond donors (Lipinski definition) is 1. The third kappa shape index (κ3) is 1.72. The average molecular weight is 215 g/mol. The van der Waals surface area contributed by atoms with E-state index in [1.807, 2.05) is 0 Å². The number of aromatic amines is 1. The van der Waals surface area contributed by atoms with Gasteiger partial charge in [-0.25, -0.2) is 0 Å². The zero-order valence-corrected chi connectivity index (χ0v) is 9.32. The molecule has 0 amide bonds. The van der Waals surface area contributed by atoms with Gasteiger partial charge in [0.1, 0.15) is 0 Å². The zero-order valence-electron chi connectivity index (χ0n) is 9.32. The Bertz CT molecular complexity index is 613. The molecular formula is C12H13N3O. The Morgan fingerprint density at radius 2 is 2.25 bits per heavy atom. The van der Waals surface area contributed by atoms with Gasteiger partial charge in [-0.05, 0) is 24.1 Å². The summed E-state index contributed by atoms with van der Waals surface area (Å²) >= 11 is 0. The Balaban J connectivity index is 2.60. The third-order valence-corrected chi connectivity index (χ3v) is 2.43. The molecule has 0 radical (unpaired) electrons. The summed E-state index contributed by atoms with van der Waals surface area (Å²) in [7, 11) is 0. The number of fused-ring (bicyclic) bond motifs is 1. The summed E-state index contributed by atoms with van der Waals surface area (Å²) in [6.45, 7) is 4.77. The molecule has 1 heterocycles. The molecule has 4 nitrogen and oxygen atoms in total. The maximum Gasteiger partial charge on any atom is 0.274 e. The normalized spacial score (nSPS) is 10.9. The van der Waals surface area contributed by atoms with Crippen LogP contribution in [0.2, 0.25) is 0 Å². The van der Waals surface area contributed by atoms with Crippen molar-refractivity contribution in [3.63, 3.8) is 0 Å². The van der Waals surface area contributed by atoms with Crippen LogP contribution in [-0.2, 0) is 6.54 Å². The highest BCUT2D eigenvalue weighted by Gasteiger charge is 2.07. The van der Waals surface area contributed by atoms with Crippen molar-refractivity contribution < 1.29 is 0 Å². The van der Waals surface area contributed by atoms with E-state index in [-0.39, 0.29) is 5.56 Å². The Labute approximate surface area is 93.1 Å². The van der Waals surface area contributed by atoms with Crippen LogP contribution < -0.4 is 5.56 Å². The fourth-order valence-corrected chi connectivity index (χ4v) is 1.73. The van der Waals surface area contributed by atoms with E-state index in [2.05, 4.69) is 25.0 Å². The van der Waals surface area contributed by atoms with Gasteiger partial charge < -0.3 is 0 Å². The molecule has 0 saturated heterocycles. The molecule has 2 aromatic rings. The maximum atomic E-state index is 11.9. The largest absolute Gasteiger partial charge is 0.295 e. The van der Waals surface area contributed by atoms with Gasteiger partial charge in [0.05, 0.1) is 22.5 Å². The number of benzene rings is 1. The van der Waals surface area contributed by atoms with Crippen molar-refractivity contribution >= 4 is 10.9 Å². The summed E-state index contributed by atoms with van der Waals surface area (Å²) in [5.41, 5.74) is 1.27. The molecule has 0 unspecified atom stereocenters. The van der Waals surface area contributed by atoms with Crippen molar-refractivity contribution in [2.45, 2.75) is 20.4 Å². The van der Waals surface area contributed by atoms with Crippen LogP contribution >= 0.6 is 0 Å². The van der Waals surface area contributed by atoms with E-state index < -0.39 is 0 Å². The highest BCUT2D eigenvalue weighted by molar-refractivity contribution is 5.79. The highest BCUT2D eigenvalue weighted by atomic mass is 16.1. The van der Waals surface area contributed by atoms with Gasteiger partial charge in [-0.15, -0.1) is 0 Å². The van der Waals surface area contributed by atoms with E-state index in [4.69, 9.17) is 5.26 Å². The van der Waals surface area contributed by atoms with E-state index in [0.717, 1.165) is 5.52 Å². The second kappa shape index (κ2) is 3.86. The van der Waals surface area contributed by atoms with Crippen LogP contribution in [0.1, 0.15) is 19.4 Å². The van der Waals surface area contributed by atoms with Gasteiger partial charge in [-0.3, -0.25) is 14.6 Å². The van der Waals surface area contributed by atoms with Crippen LogP contribution in [0.15, 0.2) is 23.0 Å². The van der Waals surface area contributed by atoms with Crippen molar-refractivity contribution in [2.75, 3.05) is 0 Å². The Morgan fingerprint density at radius 3 is 2.88 bits per heavy atom. The van der Waals surface area contributed by atoms with Crippen LogP contribution in [-0.4, -0.2) is 9.78 Å². The topological polar surface area (TPSA) is 61.6 Å². The summed E-state index contributed by atoms with van der Waals surface area (Å²) in [5, 5.41) is 12.4. The van der Waals surface area contributed by atoms with Crippen molar-refractivity contribution in [3.05, 3.63) is 34.1 Å². The number of H-pyrrole nitrogens is 1. The predicted octanol–water partition coefficient (Wildman–Crippen LogP) is 1.86. The van der Waals surface area contributed by atoms with Gasteiger partial charge in [0, 0.05) is 6.54 Å². The number of nitriles is 1. The molecule has 16 heavy (non-hydrogen) atoms. The average Bonchev–Trinajstić information content (AvgIpc) is 2.54. The number of nitrogens with one attached hydrogen (secondary N) is 1. The summed E-state index contributed by atoms with van der Waals surface area (Å²) in [6, 6.07) is 7.12. The molecule has 0 saturated carbocycles. The summed E-state index contributed by atoms with van der Waals surface area (Å²) < 4.78 is 1.59. The van der Waals surface area contributed by atoms with Crippen LogP contribution in [0.4, 0.5) is 0 Å². The van der Waals surface area contributed by atoms with Crippen molar-refractivity contribution in [1.29, 1.82) is 5.26 Å². The standard InChI is InChI=1S/C12H13N3O/c1-8(2)7-15-12(16)10-4-3-9(6-13)5-11(10)14-15/h3-5,8,14H,7H2,1-2H3. The van der Waals surface area contributed by atoms with E-state index in [0.29, 0.717) is 23.4 Å². The lowest BCUT2D eigenvalue weighted by Gasteiger charge is -2.03. The first-order valence-corrected chi connectivity index (χ1v) is 5.24. The fourth-order valence-electron chi connectivity index (χ4n) is 1.73. The number of nitrogens with zero attached hydrogens (tertiary/aromatic N) is 2. The molecule has 0 bridgehead atoms. The van der Waals surface area contributed by atoms with E-state index in [1.54, 1.807) is 22.9 Å². The van der Waals surface area contributed by atoms with E-state index in [1.165, 1.54) is 0 Å². The molecule has 0 spiro atoms. The molecule has 2 rings (SSSR count). The Morgan fingerprint density at radius 1 is 1.50 bits per heavy atom. The van der Waals surface area contributed by atoms with Gasteiger partial charge in [0.15, 0.2) is 0 Å². The molecule has 0 atom stereocenters. The van der Waals surface area contributed by atoms with Crippen molar-refractivity contribution in [2.24, 2.45) is 5.92 Å². The SMILES string of the molecule is CC(C)Cn1[nH]c2cc(C#N)ccc2c1=O. The fraction of sp³-hybridized carbons (Fsp3) is 0.333. The molecule has 0 fully saturated rings. The first-order valence-electron chi connectivity index (χ1n) is 5.24. The second-order valence-electron chi connectivity index (χ2n) is 4.29. The predicted molar refractivity (Wildman–Crippen MR) is 62.1 cm³/mol. The van der Waals surface area contributed by atoms with Gasteiger partial charge >= 0.3 is 0 Å². The molecule has 4 heteroatoms. The molecule has 1 N–H and O–H groups in total. The lowest BCUT2D eigenvalue weighted by atomic mass is 10.2. The number of rotatable bonds is 2. The molecule has 1 aromatic carbocycles. The summed E-state index contributed by atoms with van der Waals surface area (Å²) in [4.78, 5) is 11.9. The molecule has 0 aliphatic heterocycles. The Hall–Kier alpha value is -2.02. The Kier molecular flexibility index (Phi) is 2.53. The van der Waals surface area contributed by atoms with Crippen molar-refractivity contribution in [1.82, 2.24) is 9.78 Å². The number of hydrogen-bond acceptors (Lipinski definition) is 2. The quantitative estimate of drug-likeness (QED) is 0.831. The minimum atomic E-state index is -0.0202. The van der Waals surface area contributed by atoms with Gasteiger partial charge in [-0.1, -0.05) is 13.8 Å². The summed E-state index contributed by atoms with van der Waals surface area (Å²) in [5.74, 6) is 0.404. The third-order valence-electron chi connectivity index (χ3n) is 2.43. The molecule has 82 valence electrons. The smallest absolute Gasteiger partial charge is 0.274 e. The van der Waals surface area contributed by atoms with Gasteiger partial charge in [0.25, 0.3) is 5.56 Å². The van der Waals surface area contributed by atoms with E-state index in [9.17, 15) is 4.79 Å². The second-order valence-corrected chi connectivity index (χ2v) is 4.29. The monoisotopic (exact) mass is 215 g/mol. The zero-order chi connectivity index (χ0) is 11.7. The number of aromatic nitrogens is 2. The highest BCUT2D eigenvalue weighted by Crippen LogP contribution is 2.10. The minimum absolute atomic E-state index is 0.0202. The van der Waals surface area contributed by atoms with Crippen LogP contribution in [0.5, 0.6) is 0 Å². The lowest BCUT2D eigenvalue weighted by Crippen LogP contribution is -2.19. The van der Waals surface area contributed by atoms with Crippen LogP contribution in [0, 0.1) is 17.2 Å². The first-order chi connectivity index (χ1) is 7.61. The molecule has 0 aliphatic rings. The van der Waals surface area contributed by atoms with Crippen LogP contribution in [0.3, 0.4) is 0 Å². The molecular weight excluding hydrogens is 202 g/mol. The summed E-state index contributed by atoms with van der Waals surface area (Å²) in [6.07, 6.45) is 0.